The molecular formula is C17H9Cl2F3N2O. The van der Waals surface area contributed by atoms with E-state index in [1.807, 2.05) is 0 Å². The molecule has 0 N–H and O–H groups in total. The van der Waals surface area contributed by atoms with Crippen LogP contribution in [0.5, 0.6) is 0 Å². The molecule has 3 nitrogen and oxygen atoms in total. The first-order valence-corrected chi connectivity index (χ1v) is 7.73. The van der Waals surface area contributed by atoms with Crippen LogP contribution in [-0.4, -0.2) is 15.7 Å². The third-order valence-corrected chi connectivity index (χ3v) is 3.92. The fourth-order valence-electron chi connectivity index (χ4n) is 2.39. The topological polar surface area (TPSA) is 34.9 Å². The molecule has 0 aliphatic carbocycles. The summed E-state index contributed by atoms with van der Waals surface area (Å²) < 4.78 is 39.8. The van der Waals surface area contributed by atoms with E-state index in [0.29, 0.717) is 0 Å². The van der Waals surface area contributed by atoms with Crippen LogP contribution >= 0.6 is 23.2 Å². The van der Waals surface area contributed by atoms with Crippen LogP contribution in [-0.2, 0) is 0 Å². The molecule has 8 heteroatoms. The maximum absolute atomic E-state index is 13.0. The van der Waals surface area contributed by atoms with Crippen LogP contribution in [0.25, 0.3) is 16.6 Å². The summed E-state index contributed by atoms with van der Waals surface area (Å²) in [5, 5.41) is 0.368. The number of hydrogen-bond acceptors (Lipinski definition) is 2. The first-order chi connectivity index (χ1) is 11.8. The summed E-state index contributed by atoms with van der Waals surface area (Å²) in [7, 11) is 0. The van der Waals surface area contributed by atoms with Gasteiger partial charge in [0, 0.05) is 11.1 Å². The van der Waals surface area contributed by atoms with Gasteiger partial charge in [-0.1, -0.05) is 53.5 Å². The molecule has 0 atom stereocenters. The minimum atomic E-state index is -4.62. The van der Waals surface area contributed by atoms with Crippen LogP contribution in [0, 0.1) is 0 Å². The number of alkyl halides is 3. The average Bonchev–Trinajstić information content (AvgIpc) is 2.54. The number of fused-ring (bicyclic) bond motifs is 1. The fraction of sp³-hybridized carbons (Fsp3) is 0.0588. The van der Waals surface area contributed by atoms with Crippen LogP contribution in [0.3, 0.4) is 0 Å². The Morgan fingerprint density at radius 3 is 2.44 bits per heavy atom. The summed E-state index contributed by atoms with van der Waals surface area (Å²) in [5.41, 5.74) is -0.653. The molecule has 0 spiro atoms. The van der Waals surface area contributed by atoms with Crippen LogP contribution in [0.1, 0.15) is 5.56 Å². The molecule has 1 aromatic heterocycles. The SMILES string of the molecule is O=c1c2cc(Cl)cc(Cl)c2ncn1/C(=C\C(F)(F)F)c1ccccc1. The van der Waals surface area contributed by atoms with Crippen molar-refractivity contribution in [3.05, 3.63) is 80.8 Å². The molecule has 0 amide bonds. The number of aromatic nitrogens is 2. The lowest BCUT2D eigenvalue weighted by Gasteiger charge is -2.13. The maximum Gasteiger partial charge on any atom is 0.411 e. The van der Waals surface area contributed by atoms with Gasteiger partial charge < -0.3 is 0 Å². The highest BCUT2D eigenvalue weighted by Gasteiger charge is 2.26. The smallest absolute Gasteiger partial charge is 0.268 e. The number of allylic oxidation sites excluding steroid dienone is 1. The monoisotopic (exact) mass is 384 g/mol. The molecule has 25 heavy (non-hydrogen) atoms. The van der Waals surface area contributed by atoms with Crippen molar-refractivity contribution in [1.29, 1.82) is 0 Å². The zero-order valence-electron chi connectivity index (χ0n) is 12.4. The zero-order chi connectivity index (χ0) is 18.2. The van der Waals surface area contributed by atoms with E-state index in [4.69, 9.17) is 23.2 Å². The summed E-state index contributed by atoms with van der Waals surface area (Å²) in [4.78, 5) is 16.8. The normalized spacial score (nSPS) is 12.6. The molecule has 128 valence electrons. The lowest BCUT2D eigenvalue weighted by Crippen LogP contribution is -2.22. The Balaban J connectivity index is 2.33. The highest BCUT2D eigenvalue weighted by Crippen LogP contribution is 2.27. The molecule has 0 bridgehead atoms. The van der Waals surface area contributed by atoms with E-state index in [1.54, 1.807) is 18.2 Å². The molecule has 3 rings (SSSR count). The Bertz CT molecular complexity index is 1030. The number of halogens is 5. The molecule has 3 aromatic rings. The minimum absolute atomic E-state index is 0.0315. The van der Waals surface area contributed by atoms with Gasteiger partial charge in [0.05, 0.1) is 21.6 Å². The third kappa shape index (κ3) is 3.70. The lowest BCUT2D eigenvalue weighted by atomic mass is 10.1. The first-order valence-electron chi connectivity index (χ1n) is 6.98. The third-order valence-electron chi connectivity index (χ3n) is 3.41. The molecule has 0 fully saturated rings. The molecule has 0 radical (unpaired) electrons. The van der Waals surface area contributed by atoms with Gasteiger partial charge in [0.25, 0.3) is 5.56 Å². The molecular weight excluding hydrogens is 376 g/mol. The second-order valence-electron chi connectivity index (χ2n) is 5.14. The van der Waals surface area contributed by atoms with Gasteiger partial charge in [-0.2, -0.15) is 13.2 Å². The number of benzene rings is 2. The maximum atomic E-state index is 13.0. The predicted molar refractivity (Wildman–Crippen MR) is 91.9 cm³/mol. The van der Waals surface area contributed by atoms with Crippen molar-refractivity contribution in [3.63, 3.8) is 0 Å². The van der Waals surface area contributed by atoms with Crippen LogP contribution in [0.2, 0.25) is 10.0 Å². The summed E-state index contributed by atoms with van der Waals surface area (Å²) in [6.45, 7) is 0. The summed E-state index contributed by atoms with van der Waals surface area (Å²) in [6, 6.07) is 10.5. The Hall–Kier alpha value is -2.31. The van der Waals surface area contributed by atoms with Crippen molar-refractivity contribution in [2.45, 2.75) is 6.18 Å². The van der Waals surface area contributed by atoms with Gasteiger partial charge in [-0.15, -0.1) is 0 Å². The van der Waals surface area contributed by atoms with E-state index >= 15 is 0 Å². The largest absolute Gasteiger partial charge is 0.411 e. The number of rotatable bonds is 2. The predicted octanol–water partition coefficient (Wildman–Crippen LogP) is 5.15. The number of nitrogens with zero attached hydrogens (tertiary/aromatic N) is 2. The van der Waals surface area contributed by atoms with E-state index in [2.05, 4.69) is 4.98 Å². The zero-order valence-corrected chi connectivity index (χ0v) is 13.9. The number of hydrogen-bond donors (Lipinski definition) is 0. The van der Waals surface area contributed by atoms with E-state index < -0.39 is 11.7 Å². The van der Waals surface area contributed by atoms with Crippen molar-refractivity contribution in [1.82, 2.24) is 9.55 Å². The van der Waals surface area contributed by atoms with Crippen molar-refractivity contribution in [3.8, 4) is 0 Å². The molecule has 2 aromatic carbocycles. The van der Waals surface area contributed by atoms with Crippen LogP contribution in [0.4, 0.5) is 13.2 Å². The van der Waals surface area contributed by atoms with Gasteiger partial charge in [-0.25, -0.2) is 4.98 Å². The molecule has 0 unspecified atom stereocenters. The van der Waals surface area contributed by atoms with Gasteiger partial charge in [0.15, 0.2) is 0 Å². The summed E-state index contributed by atoms with van der Waals surface area (Å²) in [5.74, 6) is 0. The van der Waals surface area contributed by atoms with Crippen LogP contribution < -0.4 is 5.56 Å². The first kappa shape index (κ1) is 17.5. The van der Waals surface area contributed by atoms with E-state index in [9.17, 15) is 18.0 Å². The van der Waals surface area contributed by atoms with Gasteiger partial charge in [-0.05, 0) is 17.7 Å². The van der Waals surface area contributed by atoms with Crippen molar-refractivity contribution in [2.75, 3.05) is 0 Å². The van der Waals surface area contributed by atoms with Gasteiger partial charge in [0.1, 0.15) is 6.33 Å². The Morgan fingerprint density at radius 2 is 1.80 bits per heavy atom. The van der Waals surface area contributed by atoms with Gasteiger partial charge in [-0.3, -0.25) is 9.36 Å². The summed E-state index contributed by atoms with van der Waals surface area (Å²) >= 11 is 11.9. The highest BCUT2D eigenvalue weighted by molar-refractivity contribution is 6.38. The Labute approximate surface area is 149 Å². The molecule has 0 saturated carbocycles. The van der Waals surface area contributed by atoms with Crippen molar-refractivity contribution in [2.24, 2.45) is 0 Å². The quantitative estimate of drug-likeness (QED) is 0.611. The van der Waals surface area contributed by atoms with Gasteiger partial charge in [0.2, 0.25) is 0 Å². The second-order valence-corrected chi connectivity index (χ2v) is 5.98. The molecule has 0 aliphatic heterocycles. The lowest BCUT2D eigenvalue weighted by molar-refractivity contribution is -0.0795. The second kappa shape index (κ2) is 6.54. The van der Waals surface area contributed by atoms with E-state index in [1.165, 1.54) is 24.3 Å². The highest BCUT2D eigenvalue weighted by atomic mass is 35.5. The van der Waals surface area contributed by atoms with Crippen LogP contribution in [0.15, 0.2) is 59.7 Å². The van der Waals surface area contributed by atoms with Crippen molar-refractivity contribution >= 4 is 39.8 Å². The van der Waals surface area contributed by atoms with Crippen molar-refractivity contribution < 1.29 is 13.2 Å². The Kier molecular flexibility index (Phi) is 4.58. The minimum Gasteiger partial charge on any atom is -0.268 e. The molecule has 1 heterocycles. The van der Waals surface area contributed by atoms with Gasteiger partial charge >= 0.3 is 6.18 Å². The van der Waals surface area contributed by atoms with E-state index in [0.717, 1.165) is 10.9 Å². The molecule has 0 saturated heterocycles. The standard InChI is InChI=1S/C17H9Cl2F3N2O/c18-11-6-12-15(13(19)7-11)23-9-24(16(12)25)14(8-17(20,21)22)10-4-2-1-3-5-10/h1-9H/b14-8-. The summed E-state index contributed by atoms with van der Waals surface area (Å²) in [6.07, 6.45) is -3.54. The molecule has 0 aliphatic rings. The fourth-order valence-corrected chi connectivity index (χ4v) is 2.93. The average molecular weight is 385 g/mol. The van der Waals surface area contributed by atoms with E-state index in [-0.39, 0.29) is 38.3 Å². The Morgan fingerprint density at radius 1 is 1.12 bits per heavy atom.